The Bertz CT molecular complexity index is 117. The van der Waals surface area contributed by atoms with E-state index < -0.39 is 0 Å². The van der Waals surface area contributed by atoms with Crippen molar-refractivity contribution in [3.05, 3.63) is 0 Å². The Morgan fingerprint density at radius 2 is 2.33 bits per heavy atom. The van der Waals surface area contributed by atoms with Crippen LogP contribution in [0.4, 0.5) is 0 Å². The van der Waals surface area contributed by atoms with Gasteiger partial charge in [-0.1, -0.05) is 13.8 Å². The molecule has 2 fully saturated rings. The van der Waals surface area contributed by atoms with Crippen molar-refractivity contribution in [1.82, 2.24) is 5.32 Å². The van der Waals surface area contributed by atoms with Gasteiger partial charge < -0.3 is 5.32 Å². The van der Waals surface area contributed by atoms with E-state index in [1.165, 1.54) is 19.4 Å². The molecule has 2 atom stereocenters. The highest BCUT2D eigenvalue weighted by molar-refractivity contribution is 5.12. The second-order valence-corrected chi connectivity index (χ2v) is 3.81. The maximum atomic E-state index is 3.56. The summed E-state index contributed by atoms with van der Waals surface area (Å²) in [7, 11) is 0. The molecule has 1 N–H and O–H groups in total. The fraction of sp³-hybridized carbons (Fsp3) is 1.00. The number of hydrogen-bond donors (Lipinski definition) is 1. The molecule has 0 aromatic heterocycles. The maximum Gasteiger partial charge on any atom is 0.0244 e. The van der Waals surface area contributed by atoms with Crippen LogP contribution in [0.25, 0.3) is 0 Å². The standard InChI is InChI=1S/C8H15N/c1-6(2)8-4-3-7(8)5-9-8/h6-7,9H,3-5H2,1-2H3. The molecule has 1 aliphatic heterocycles. The van der Waals surface area contributed by atoms with Gasteiger partial charge in [0.25, 0.3) is 0 Å². The quantitative estimate of drug-likeness (QED) is 0.558. The largest absolute Gasteiger partial charge is 0.310 e. The van der Waals surface area contributed by atoms with Crippen molar-refractivity contribution in [3.63, 3.8) is 0 Å². The molecule has 1 heterocycles. The molecular weight excluding hydrogens is 110 g/mol. The van der Waals surface area contributed by atoms with Crippen molar-refractivity contribution in [3.8, 4) is 0 Å². The van der Waals surface area contributed by atoms with Gasteiger partial charge in [-0.3, -0.25) is 0 Å². The minimum absolute atomic E-state index is 0.611. The molecule has 1 nitrogen and oxygen atoms in total. The Morgan fingerprint density at radius 1 is 1.56 bits per heavy atom. The topological polar surface area (TPSA) is 12.0 Å². The van der Waals surface area contributed by atoms with Gasteiger partial charge in [-0.25, -0.2) is 0 Å². The lowest BCUT2D eigenvalue weighted by Crippen LogP contribution is -2.73. The van der Waals surface area contributed by atoms with Gasteiger partial charge in [0, 0.05) is 12.1 Å². The van der Waals surface area contributed by atoms with E-state index in [1.54, 1.807) is 0 Å². The zero-order valence-electron chi connectivity index (χ0n) is 6.28. The molecule has 52 valence electrons. The van der Waals surface area contributed by atoms with E-state index in [0.29, 0.717) is 5.54 Å². The molecule has 0 aromatic rings. The van der Waals surface area contributed by atoms with E-state index in [9.17, 15) is 0 Å². The van der Waals surface area contributed by atoms with E-state index >= 15 is 0 Å². The van der Waals surface area contributed by atoms with Gasteiger partial charge in [-0.05, 0) is 24.7 Å². The van der Waals surface area contributed by atoms with E-state index in [-0.39, 0.29) is 0 Å². The lowest BCUT2D eigenvalue weighted by Gasteiger charge is -2.62. The van der Waals surface area contributed by atoms with E-state index in [4.69, 9.17) is 0 Å². The molecule has 1 saturated heterocycles. The van der Waals surface area contributed by atoms with Gasteiger partial charge in [-0.15, -0.1) is 0 Å². The minimum atomic E-state index is 0.611. The molecule has 0 aromatic carbocycles. The van der Waals surface area contributed by atoms with Crippen molar-refractivity contribution in [1.29, 1.82) is 0 Å². The summed E-state index contributed by atoms with van der Waals surface area (Å²) in [6.07, 6.45) is 2.90. The minimum Gasteiger partial charge on any atom is -0.310 e. The fourth-order valence-electron chi connectivity index (χ4n) is 2.32. The van der Waals surface area contributed by atoms with Crippen molar-refractivity contribution < 1.29 is 0 Å². The van der Waals surface area contributed by atoms with Gasteiger partial charge in [0.15, 0.2) is 0 Å². The molecule has 2 rings (SSSR count). The van der Waals surface area contributed by atoms with Crippen LogP contribution in [0.2, 0.25) is 0 Å². The van der Waals surface area contributed by atoms with Gasteiger partial charge in [-0.2, -0.15) is 0 Å². The summed E-state index contributed by atoms with van der Waals surface area (Å²) < 4.78 is 0. The predicted molar refractivity (Wildman–Crippen MR) is 38.3 cm³/mol. The first-order valence-electron chi connectivity index (χ1n) is 4.01. The van der Waals surface area contributed by atoms with Crippen LogP contribution < -0.4 is 5.32 Å². The highest BCUT2D eigenvalue weighted by Crippen LogP contribution is 2.49. The molecule has 1 saturated carbocycles. The number of fused-ring (bicyclic) bond motifs is 1. The summed E-state index contributed by atoms with van der Waals surface area (Å²) in [6, 6.07) is 0. The van der Waals surface area contributed by atoms with Gasteiger partial charge in [0.1, 0.15) is 0 Å². The maximum absolute atomic E-state index is 3.56. The second kappa shape index (κ2) is 1.51. The molecule has 0 spiro atoms. The lowest BCUT2D eigenvalue weighted by atomic mass is 9.56. The summed E-state index contributed by atoms with van der Waals surface area (Å²) in [5.74, 6) is 1.89. The molecule has 2 unspecified atom stereocenters. The predicted octanol–water partition coefficient (Wildman–Crippen LogP) is 1.39. The Kier molecular flexibility index (Phi) is 0.963. The third kappa shape index (κ3) is 0.493. The second-order valence-electron chi connectivity index (χ2n) is 3.81. The number of piperidine rings is 1. The highest BCUT2D eigenvalue weighted by Gasteiger charge is 2.54. The first-order valence-corrected chi connectivity index (χ1v) is 4.01. The van der Waals surface area contributed by atoms with Crippen molar-refractivity contribution in [2.75, 3.05) is 6.54 Å². The van der Waals surface area contributed by atoms with Gasteiger partial charge in [0.2, 0.25) is 0 Å². The third-order valence-electron chi connectivity index (χ3n) is 3.34. The molecule has 1 heteroatoms. The van der Waals surface area contributed by atoms with E-state index in [1.807, 2.05) is 0 Å². The van der Waals surface area contributed by atoms with E-state index in [0.717, 1.165) is 11.8 Å². The summed E-state index contributed by atoms with van der Waals surface area (Å²) >= 11 is 0. The SMILES string of the molecule is CC(C)C12CCC1CN2. The van der Waals surface area contributed by atoms with Crippen molar-refractivity contribution in [2.24, 2.45) is 11.8 Å². The van der Waals surface area contributed by atoms with Crippen LogP contribution >= 0.6 is 0 Å². The van der Waals surface area contributed by atoms with Crippen LogP contribution in [-0.4, -0.2) is 12.1 Å². The van der Waals surface area contributed by atoms with Crippen LogP contribution in [0.3, 0.4) is 0 Å². The van der Waals surface area contributed by atoms with Crippen LogP contribution in [-0.2, 0) is 0 Å². The highest BCUT2D eigenvalue weighted by atomic mass is 15.1. The summed E-state index contributed by atoms with van der Waals surface area (Å²) in [5.41, 5.74) is 0.611. The first-order chi connectivity index (χ1) is 4.26. The molecule has 9 heavy (non-hydrogen) atoms. The van der Waals surface area contributed by atoms with Crippen LogP contribution in [0.15, 0.2) is 0 Å². The summed E-state index contributed by atoms with van der Waals surface area (Å²) in [6.45, 7) is 5.95. The molecular formula is C8H15N. The molecule has 0 amide bonds. The van der Waals surface area contributed by atoms with Gasteiger partial charge in [0.05, 0.1) is 0 Å². The van der Waals surface area contributed by atoms with Crippen molar-refractivity contribution in [2.45, 2.75) is 32.2 Å². The monoisotopic (exact) mass is 125 g/mol. The first kappa shape index (κ1) is 5.72. The van der Waals surface area contributed by atoms with E-state index in [2.05, 4.69) is 19.2 Å². The number of rotatable bonds is 1. The molecule has 0 bridgehead atoms. The van der Waals surface area contributed by atoms with Crippen LogP contribution in [0.1, 0.15) is 26.7 Å². The van der Waals surface area contributed by atoms with Crippen molar-refractivity contribution >= 4 is 0 Å². The Labute approximate surface area is 56.8 Å². The Balaban J connectivity index is 2.08. The average Bonchev–Trinajstić information content (AvgIpc) is 1.76. The summed E-state index contributed by atoms with van der Waals surface area (Å²) in [4.78, 5) is 0. The average molecular weight is 125 g/mol. The Hall–Kier alpha value is -0.0400. The molecule has 2 aliphatic rings. The fourth-order valence-corrected chi connectivity index (χ4v) is 2.32. The molecule has 1 aliphatic carbocycles. The van der Waals surface area contributed by atoms with Crippen LogP contribution in [0, 0.1) is 11.8 Å². The third-order valence-corrected chi connectivity index (χ3v) is 3.34. The van der Waals surface area contributed by atoms with Crippen LogP contribution in [0.5, 0.6) is 0 Å². The number of nitrogens with one attached hydrogen (secondary N) is 1. The Morgan fingerprint density at radius 3 is 2.33 bits per heavy atom. The smallest absolute Gasteiger partial charge is 0.0244 e. The zero-order valence-corrected chi connectivity index (χ0v) is 6.28. The summed E-state index contributed by atoms with van der Waals surface area (Å²) in [5, 5.41) is 3.56. The lowest BCUT2D eigenvalue weighted by molar-refractivity contribution is -0.0448. The number of hydrogen-bond acceptors (Lipinski definition) is 1. The van der Waals surface area contributed by atoms with Gasteiger partial charge >= 0.3 is 0 Å². The normalized spacial score (nSPS) is 47.7. The molecule has 0 radical (unpaired) electrons. The zero-order chi connectivity index (χ0) is 6.48.